The number of benzene rings is 4. The smallest absolute Gasteiger partial charge is 0.467 e. The zero-order chi connectivity index (χ0) is 40.6. The number of fused-ring (bicyclic) bond motifs is 3. The molecule has 0 spiro atoms. The van der Waals surface area contributed by atoms with Crippen LogP contribution in [-0.4, -0.2) is 95.3 Å². The minimum atomic E-state index is -1.88. The number of aliphatic hydroxyl groups excluding tert-OH is 3. The number of nitrogens with one attached hydrogen (secondary N) is 2. The molecule has 1 aliphatic heterocycles. The van der Waals surface area contributed by atoms with Gasteiger partial charge in [0.25, 0.3) is 5.69 Å². The second-order valence-corrected chi connectivity index (χ2v) is 12.8. The highest BCUT2D eigenvalue weighted by Crippen LogP contribution is 2.44. The van der Waals surface area contributed by atoms with E-state index < -0.39 is 66.4 Å². The maximum absolute atomic E-state index is 13.1. The van der Waals surface area contributed by atoms with Gasteiger partial charge in [-0.2, -0.15) is 0 Å². The van der Waals surface area contributed by atoms with Gasteiger partial charge >= 0.3 is 18.2 Å². The van der Waals surface area contributed by atoms with Crippen molar-refractivity contribution in [2.24, 2.45) is 0 Å². The van der Waals surface area contributed by atoms with Crippen molar-refractivity contribution < 1.29 is 67.8 Å². The van der Waals surface area contributed by atoms with Crippen molar-refractivity contribution >= 4 is 35.5 Å². The maximum atomic E-state index is 13.1. The van der Waals surface area contributed by atoms with Gasteiger partial charge in [0.15, 0.2) is 6.10 Å². The monoisotopic (exact) mass is 787 g/mol. The molecule has 0 bridgehead atoms. The molecule has 1 fully saturated rings. The van der Waals surface area contributed by atoms with Crippen molar-refractivity contribution in [2.45, 2.75) is 49.7 Å². The lowest BCUT2D eigenvalue weighted by Gasteiger charge is -2.39. The molecule has 1 saturated heterocycles. The number of amides is 2. The van der Waals surface area contributed by atoms with E-state index in [2.05, 4.69) is 15.4 Å². The van der Waals surface area contributed by atoms with E-state index in [1.807, 2.05) is 48.5 Å². The predicted molar refractivity (Wildman–Crippen MR) is 196 cm³/mol. The third kappa shape index (κ3) is 9.45. The van der Waals surface area contributed by atoms with Gasteiger partial charge in [-0.05, 0) is 52.1 Å². The van der Waals surface area contributed by atoms with Crippen LogP contribution in [0.4, 0.5) is 21.0 Å². The molecule has 5 atom stereocenters. The van der Waals surface area contributed by atoms with E-state index >= 15 is 0 Å². The summed E-state index contributed by atoms with van der Waals surface area (Å²) in [6, 6.07) is 24.5. The Labute approximate surface area is 324 Å². The highest BCUT2D eigenvalue weighted by Gasteiger charge is 2.48. The summed E-state index contributed by atoms with van der Waals surface area (Å²) in [5, 5.41) is 47.3. The molecule has 4 aromatic rings. The van der Waals surface area contributed by atoms with Crippen LogP contribution in [0.1, 0.15) is 29.0 Å². The first kappa shape index (κ1) is 40.1. The lowest BCUT2D eigenvalue weighted by molar-refractivity contribution is -0.384. The number of nitrogens with zero attached hydrogens (tertiary/aromatic N) is 1. The Balaban J connectivity index is 1.09. The Hall–Kier alpha value is -6.60. The van der Waals surface area contributed by atoms with Crippen LogP contribution < -0.4 is 20.1 Å². The fourth-order valence-corrected chi connectivity index (χ4v) is 6.29. The first-order chi connectivity index (χ1) is 27.4. The zero-order valence-corrected chi connectivity index (χ0v) is 30.1. The minimum absolute atomic E-state index is 0.0161. The van der Waals surface area contributed by atoms with Gasteiger partial charge in [0.2, 0.25) is 12.2 Å². The Morgan fingerprint density at radius 2 is 1.51 bits per heavy atom. The number of nitro benzene ring substituents is 1. The van der Waals surface area contributed by atoms with E-state index in [-0.39, 0.29) is 48.4 Å². The van der Waals surface area contributed by atoms with E-state index in [1.165, 1.54) is 30.3 Å². The van der Waals surface area contributed by atoms with Crippen LogP contribution in [0, 0.1) is 10.1 Å². The van der Waals surface area contributed by atoms with Gasteiger partial charge in [0.05, 0.1) is 17.7 Å². The van der Waals surface area contributed by atoms with Crippen molar-refractivity contribution in [2.75, 3.05) is 25.6 Å². The fraction of sp³-hybridized carbons (Fsp3) is 0.282. The van der Waals surface area contributed by atoms with Crippen LogP contribution in [0.5, 0.6) is 11.5 Å². The number of carbonyl (C=O) groups is 4. The lowest BCUT2D eigenvalue weighted by Crippen LogP contribution is -2.61. The van der Waals surface area contributed by atoms with E-state index in [9.17, 15) is 44.6 Å². The molecular weight excluding hydrogens is 750 g/mol. The van der Waals surface area contributed by atoms with Gasteiger partial charge in [-0.15, -0.1) is 0 Å². The molecule has 0 radical (unpaired) electrons. The van der Waals surface area contributed by atoms with Gasteiger partial charge in [-0.1, -0.05) is 54.6 Å². The molecule has 5 N–H and O–H groups in total. The summed E-state index contributed by atoms with van der Waals surface area (Å²) in [4.78, 5) is 60.6. The summed E-state index contributed by atoms with van der Waals surface area (Å²) in [5.41, 5.74) is 4.26. The van der Waals surface area contributed by atoms with Crippen LogP contribution >= 0.6 is 0 Å². The number of esters is 1. The molecule has 57 heavy (non-hydrogen) atoms. The highest BCUT2D eigenvalue weighted by molar-refractivity contribution is 5.92. The van der Waals surface area contributed by atoms with Gasteiger partial charge in [-0.3, -0.25) is 14.9 Å². The summed E-state index contributed by atoms with van der Waals surface area (Å²) in [5.74, 6) is -1.99. The molecule has 2 aliphatic rings. The molecule has 6 rings (SSSR count). The van der Waals surface area contributed by atoms with Crippen molar-refractivity contribution in [3.05, 3.63) is 118 Å². The second-order valence-electron chi connectivity index (χ2n) is 12.8. The number of hydrogen-bond acceptors (Lipinski definition) is 15. The molecule has 0 aromatic heterocycles. The largest absolute Gasteiger partial charge is 0.514 e. The third-order valence-corrected chi connectivity index (χ3v) is 9.13. The standard InChI is InChI=1S/C39H37N3O15/c1-52-36(47)35-33(45)32(44)34(46)37(57-35)56-30-15-10-21(19-54-39(49)55-23-13-11-22(12-14-23)42(50)51)18-29(30)41-31(43)16-17-40-38(48)53-20-28-26-8-4-2-6-24(26)25-7-3-5-9-27(25)28/h2-15,18,28,32-35,37,44-46H,16-17,19-20H2,1H3,(H,40,48)(H,41,43)/t32-,33-,34+,35-,37+/m0/s1. The van der Waals surface area contributed by atoms with E-state index in [0.717, 1.165) is 41.5 Å². The number of nitro groups is 1. The number of ether oxygens (including phenoxy) is 6. The van der Waals surface area contributed by atoms with Gasteiger partial charge < -0.3 is 54.4 Å². The Morgan fingerprint density at radius 1 is 0.842 bits per heavy atom. The van der Waals surface area contributed by atoms with Crippen molar-refractivity contribution in [1.82, 2.24) is 5.32 Å². The number of methoxy groups -OCH3 is 1. The maximum Gasteiger partial charge on any atom is 0.514 e. The van der Waals surface area contributed by atoms with Crippen LogP contribution in [0.25, 0.3) is 11.1 Å². The molecule has 1 aliphatic carbocycles. The minimum Gasteiger partial charge on any atom is -0.467 e. The van der Waals surface area contributed by atoms with Crippen LogP contribution in [-0.2, 0) is 35.1 Å². The summed E-state index contributed by atoms with van der Waals surface area (Å²) in [6.45, 7) is -0.456. The molecule has 18 nitrogen and oxygen atoms in total. The van der Waals surface area contributed by atoms with Crippen molar-refractivity contribution in [1.29, 1.82) is 0 Å². The van der Waals surface area contributed by atoms with Gasteiger partial charge in [0, 0.05) is 31.0 Å². The van der Waals surface area contributed by atoms with Crippen LogP contribution in [0.3, 0.4) is 0 Å². The molecule has 2 amide bonds. The third-order valence-electron chi connectivity index (χ3n) is 9.13. The first-order valence-electron chi connectivity index (χ1n) is 17.5. The molecule has 0 unspecified atom stereocenters. The molecule has 4 aromatic carbocycles. The summed E-state index contributed by atoms with van der Waals surface area (Å²) >= 11 is 0. The summed E-state index contributed by atoms with van der Waals surface area (Å²) < 4.78 is 31.5. The lowest BCUT2D eigenvalue weighted by atomic mass is 9.98. The SMILES string of the molecule is COC(=O)[C@H]1O[C@@H](Oc2ccc(COC(=O)Oc3ccc([N+](=O)[O-])cc3)cc2NC(=O)CCNC(=O)OCC2c3ccccc3-c3ccccc32)[C@H](O)[C@@H](O)[C@@H]1O. The average molecular weight is 788 g/mol. The molecule has 18 heteroatoms. The molecular formula is C39H37N3O15. The Kier molecular flexibility index (Phi) is 12.6. The molecule has 298 valence electrons. The number of hydrogen-bond donors (Lipinski definition) is 5. The van der Waals surface area contributed by atoms with Crippen molar-refractivity contribution in [3.63, 3.8) is 0 Å². The molecule has 1 heterocycles. The van der Waals surface area contributed by atoms with Gasteiger partial charge in [-0.25, -0.2) is 14.4 Å². The summed E-state index contributed by atoms with van der Waals surface area (Å²) in [6.07, 6.45) is -11.2. The number of non-ortho nitro benzene ring substituents is 1. The summed E-state index contributed by atoms with van der Waals surface area (Å²) in [7, 11) is 1.03. The highest BCUT2D eigenvalue weighted by atomic mass is 16.7. The fourth-order valence-electron chi connectivity index (χ4n) is 6.29. The number of carbonyl (C=O) groups excluding carboxylic acids is 4. The average Bonchev–Trinajstić information content (AvgIpc) is 3.53. The van der Waals surface area contributed by atoms with Gasteiger partial charge in [0.1, 0.15) is 43.0 Å². The van der Waals surface area contributed by atoms with Crippen LogP contribution in [0.15, 0.2) is 91.0 Å². The quantitative estimate of drug-likeness (QED) is 0.0427. The Morgan fingerprint density at radius 3 is 2.16 bits per heavy atom. The zero-order valence-electron chi connectivity index (χ0n) is 30.1. The van der Waals surface area contributed by atoms with Crippen LogP contribution in [0.2, 0.25) is 0 Å². The number of rotatable bonds is 13. The predicted octanol–water partition coefficient (Wildman–Crippen LogP) is 3.54. The molecule has 0 saturated carbocycles. The number of aliphatic hydroxyl groups is 3. The Bertz CT molecular complexity index is 2080. The van der Waals surface area contributed by atoms with E-state index in [0.29, 0.717) is 5.56 Å². The van der Waals surface area contributed by atoms with E-state index in [1.54, 1.807) is 0 Å². The van der Waals surface area contributed by atoms with Crippen molar-refractivity contribution in [3.8, 4) is 22.6 Å². The first-order valence-corrected chi connectivity index (χ1v) is 17.5. The number of alkyl carbamates (subject to hydrolysis) is 1. The topological polar surface area (TPSA) is 252 Å². The normalized spacial score (nSPS) is 19.6. The second kappa shape index (κ2) is 17.9. The number of anilines is 1. The van der Waals surface area contributed by atoms with E-state index in [4.69, 9.17) is 23.7 Å².